The van der Waals surface area contributed by atoms with Crippen molar-refractivity contribution >= 4 is 15.8 Å². The van der Waals surface area contributed by atoms with E-state index in [9.17, 15) is 13.2 Å². The third-order valence-electron chi connectivity index (χ3n) is 3.70. The van der Waals surface area contributed by atoms with Gasteiger partial charge >= 0.3 is 5.97 Å². The Morgan fingerprint density at radius 2 is 1.86 bits per heavy atom. The van der Waals surface area contributed by atoms with Gasteiger partial charge in [0.05, 0.1) is 10.6 Å². The first kappa shape index (κ1) is 21.9. The van der Waals surface area contributed by atoms with Crippen LogP contribution in [0, 0.1) is 6.92 Å². The van der Waals surface area contributed by atoms with Crippen molar-refractivity contribution in [2.45, 2.75) is 51.5 Å². The quantitative estimate of drug-likeness (QED) is 0.649. The number of hydrogen-bond acceptors (Lipinski definition) is 6. The molecule has 0 saturated carbocycles. The molecule has 7 heteroatoms. The van der Waals surface area contributed by atoms with Crippen molar-refractivity contribution in [3.8, 4) is 17.0 Å². The molecule has 28 heavy (non-hydrogen) atoms. The van der Waals surface area contributed by atoms with E-state index >= 15 is 0 Å². The second-order valence-electron chi connectivity index (χ2n) is 7.52. The average Bonchev–Trinajstić information content (AvgIpc) is 2.59. The number of ether oxygens (including phenoxy) is 2. The number of rotatable bonds is 7. The van der Waals surface area contributed by atoms with Crippen LogP contribution in [0.25, 0.3) is 11.3 Å². The van der Waals surface area contributed by atoms with Gasteiger partial charge in [-0.25, -0.2) is 18.2 Å². The zero-order valence-electron chi connectivity index (χ0n) is 17.0. The van der Waals surface area contributed by atoms with Crippen LogP contribution in [-0.2, 0) is 19.4 Å². The summed E-state index contributed by atoms with van der Waals surface area (Å²) in [6, 6.07) is 10.1. The van der Waals surface area contributed by atoms with Gasteiger partial charge in [-0.2, -0.15) is 0 Å². The maximum absolute atomic E-state index is 12.4. The van der Waals surface area contributed by atoms with Crippen LogP contribution in [0.3, 0.4) is 0 Å². The van der Waals surface area contributed by atoms with Crippen molar-refractivity contribution in [1.82, 2.24) is 4.98 Å². The summed E-state index contributed by atoms with van der Waals surface area (Å²) in [7, 11) is -3.35. The molecular formula is C21H27NO5S. The molecule has 2 rings (SSSR count). The molecule has 0 aliphatic heterocycles. The first-order valence-corrected chi connectivity index (χ1v) is 10.8. The smallest absolute Gasteiger partial charge is 0.344 e. The number of pyridine rings is 1. The van der Waals surface area contributed by atoms with E-state index in [-0.39, 0.29) is 17.3 Å². The minimum Gasteiger partial charge on any atom is -0.480 e. The lowest BCUT2D eigenvalue weighted by Gasteiger charge is -2.20. The first-order chi connectivity index (χ1) is 13.0. The van der Waals surface area contributed by atoms with Crippen LogP contribution in [0.2, 0.25) is 0 Å². The molecule has 0 N–H and O–H groups in total. The Labute approximate surface area is 166 Å². The number of benzene rings is 1. The summed E-state index contributed by atoms with van der Waals surface area (Å²) < 4.78 is 35.7. The zero-order valence-corrected chi connectivity index (χ0v) is 17.8. The molecule has 0 fully saturated rings. The molecule has 0 radical (unpaired) electrons. The molecule has 6 nitrogen and oxygen atoms in total. The highest BCUT2D eigenvalue weighted by Crippen LogP contribution is 2.30. The highest BCUT2D eigenvalue weighted by Gasteiger charge is 2.19. The van der Waals surface area contributed by atoms with Crippen LogP contribution < -0.4 is 4.74 Å². The van der Waals surface area contributed by atoms with Crippen molar-refractivity contribution in [3.05, 3.63) is 42.1 Å². The van der Waals surface area contributed by atoms with Crippen LogP contribution >= 0.6 is 0 Å². The third-order valence-corrected chi connectivity index (χ3v) is 5.62. The van der Waals surface area contributed by atoms with Crippen LogP contribution in [0.4, 0.5) is 0 Å². The molecule has 0 aliphatic rings. The minimum atomic E-state index is -3.35. The molecule has 0 unspecified atom stereocenters. The standard InChI is InChI=1S/C21H27NO5S/c1-6-12-28(24,25)17-9-7-8-16(13-17)20-18(11-10-15(2)22-20)26-14-19(23)27-21(3,4)5/h7-11,13H,6,12,14H2,1-5H3. The molecule has 152 valence electrons. The number of sulfone groups is 1. The zero-order chi connectivity index (χ0) is 20.9. The predicted octanol–water partition coefficient (Wildman–Crippen LogP) is 3.96. The van der Waals surface area contributed by atoms with Crippen molar-refractivity contribution in [3.63, 3.8) is 0 Å². The molecular weight excluding hydrogens is 378 g/mol. The number of carbonyl (C=O) groups is 1. The van der Waals surface area contributed by atoms with E-state index in [4.69, 9.17) is 9.47 Å². The molecule has 0 amide bonds. The Kier molecular flexibility index (Phi) is 6.82. The fourth-order valence-corrected chi connectivity index (χ4v) is 3.96. The third kappa shape index (κ3) is 6.05. The molecule has 1 aromatic heterocycles. The van der Waals surface area contributed by atoms with Gasteiger partial charge in [-0.15, -0.1) is 0 Å². The number of carbonyl (C=O) groups excluding carboxylic acids is 1. The van der Waals surface area contributed by atoms with E-state index in [0.29, 0.717) is 23.4 Å². The van der Waals surface area contributed by atoms with Gasteiger partial charge in [-0.3, -0.25) is 0 Å². The lowest BCUT2D eigenvalue weighted by atomic mass is 10.1. The van der Waals surface area contributed by atoms with Gasteiger partial charge in [-0.05, 0) is 58.4 Å². The lowest BCUT2D eigenvalue weighted by molar-refractivity contribution is -0.157. The Hall–Kier alpha value is -2.41. The fraction of sp³-hybridized carbons (Fsp3) is 0.429. The topological polar surface area (TPSA) is 82.6 Å². The van der Waals surface area contributed by atoms with Crippen LogP contribution in [0.5, 0.6) is 5.75 Å². The van der Waals surface area contributed by atoms with Crippen LogP contribution in [0.15, 0.2) is 41.3 Å². The van der Waals surface area contributed by atoms with Crippen LogP contribution in [-0.4, -0.2) is 37.3 Å². The number of aromatic nitrogens is 1. The Morgan fingerprint density at radius 1 is 1.14 bits per heavy atom. The van der Waals surface area contributed by atoms with Crippen molar-refractivity contribution in [2.24, 2.45) is 0 Å². The van der Waals surface area contributed by atoms with Gasteiger partial charge in [0.1, 0.15) is 17.0 Å². The number of hydrogen-bond donors (Lipinski definition) is 0. The first-order valence-electron chi connectivity index (χ1n) is 9.17. The molecule has 2 aromatic rings. The van der Waals surface area contributed by atoms with E-state index in [1.54, 1.807) is 57.2 Å². The summed E-state index contributed by atoms with van der Waals surface area (Å²) in [6.45, 7) is 8.75. The second kappa shape index (κ2) is 8.73. The van der Waals surface area contributed by atoms with E-state index in [2.05, 4.69) is 4.98 Å². The van der Waals surface area contributed by atoms with Gasteiger partial charge < -0.3 is 9.47 Å². The van der Waals surface area contributed by atoms with Crippen molar-refractivity contribution in [2.75, 3.05) is 12.4 Å². The summed E-state index contributed by atoms with van der Waals surface area (Å²) in [5, 5.41) is 0. The van der Waals surface area contributed by atoms with E-state index in [1.165, 1.54) is 0 Å². The van der Waals surface area contributed by atoms with Crippen molar-refractivity contribution in [1.29, 1.82) is 0 Å². The summed E-state index contributed by atoms with van der Waals surface area (Å²) in [4.78, 5) is 16.7. The second-order valence-corrected chi connectivity index (χ2v) is 9.63. The van der Waals surface area contributed by atoms with Gasteiger partial charge in [0.15, 0.2) is 16.4 Å². The van der Waals surface area contributed by atoms with E-state index in [1.807, 2.05) is 13.8 Å². The summed E-state index contributed by atoms with van der Waals surface area (Å²) >= 11 is 0. The minimum absolute atomic E-state index is 0.0830. The molecule has 0 atom stereocenters. The highest BCUT2D eigenvalue weighted by atomic mass is 32.2. The van der Waals surface area contributed by atoms with Crippen LogP contribution in [0.1, 0.15) is 39.8 Å². The summed E-state index contributed by atoms with van der Waals surface area (Å²) in [5.41, 5.74) is 1.25. The average molecular weight is 406 g/mol. The molecule has 0 saturated heterocycles. The predicted molar refractivity (Wildman–Crippen MR) is 108 cm³/mol. The molecule has 0 aliphatic carbocycles. The Bertz CT molecular complexity index is 946. The van der Waals surface area contributed by atoms with Gasteiger partial charge in [0, 0.05) is 11.3 Å². The molecule has 1 aromatic carbocycles. The monoisotopic (exact) mass is 405 g/mol. The maximum Gasteiger partial charge on any atom is 0.344 e. The fourth-order valence-electron chi connectivity index (χ4n) is 2.60. The molecule has 1 heterocycles. The number of aryl methyl sites for hydroxylation is 1. The lowest BCUT2D eigenvalue weighted by Crippen LogP contribution is -2.27. The van der Waals surface area contributed by atoms with Gasteiger partial charge in [-0.1, -0.05) is 19.1 Å². The Morgan fingerprint density at radius 3 is 2.50 bits per heavy atom. The summed E-state index contributed by atoms with van der Waals surface area (Å²) in [6.07, 6.45) is 0.541. The maximum atomic E-state index is 12.4. The normalized spacial score (nSPS) is 11.9. The molecule has 0 spiro atoms. The number of nitrogens with zero attached hydrogens (tertiary/aromatic N) is 1. The Balaban J connectivity index is 2.34. The van der Waals surface area contributed by atoms with E-state index < -0.39 is 21.4 Å². The van der Waals surface area contributed by atoms with Gasteiger partial charge in [0.25, 0.3) is 0 Å². The largest absolute Gasteiger partial charge is 0.480 e. The van der Waals surface area contributed by atoms with Gasteiger partial charge in [0.2, 0.25) is 0 Å². The van der Waals surface area contributed by atoms with E-state index in [0.717, 1.165) is 5.69 Å². The molecule has 0 bridgehead atoms. The summed E-state index contributed by atoms with van der Waals surface area (Å²) in [5.74, 6) is -0.0144. The van der Waals surface area contributed by atoms with Crippen molar-refractivity contribution < 1.29 is 22.7 Å². The SMILES string of the molecule is CCCS(=O)(=O)c1cccc(-c2nc(C)ccc2OCC(=O)OC(C)(C)C)c1. The highest BCUT2D eigenvalue weighted by molar-refractivity contribution is 7.91. The number of esters is 1.